The van der Waals surface area contributed by atoms with E-state index in [0.717, 1.165) is 22.6 Å². The minimum absolute atomic E-state index is 0.0535. The Hall–Kier alpha value is -2.80. The van der Waals surface area contributed by atoms with Gasteiger partial charge in [-0.1, -0.05) is 30.3 Å². The second kappa shape index (κ2) is 7.65. The Kier molecular flexibility index (Phi) is 5.59. The van der Waals surface area contributed by atoms with Gasteiger partial charge in [-0.25, -0.2) is 0 Å². The molecule has 2 aromatic carbocycles. The van der Waals surface area contributed by atoms with Crippen LogP contribution in [-0.4, -0.2) is 31.5 Å². The van der Waals surface area contributed by atoms with E-state index in [1.165, 1.54) is 6.07 Å². The van der Waals surface area contributed by atoms with Crippen LogP contribution in [0.25, 0.3) is 0 Å². The number of benzene rings is 2. The van der Waals surface area contributed by atoms with E-state index in [1.807, 2.05) is 44.4 Å². The van der Waals surface area contributed by atoms with Gasteiger partial charge in [0, 0.05) is 11.6 Å². The van der Waals surface area contributed by atoms with Gasteiger partial charge in [-0.3, -0.25) is 14.9 Å². The molecule has 7 heteroatoms. The second-order valence-corrected chi connectivity index (χ2v) is 5.77. The van der Waals surface area contributed by atoms with Gasteiger partial charge in [0.05, 0.1) is 19.0 Å². The van der Waals surface area contributed by atoms with Crippen LogP contribution in [-0.2, 0) is 0 Å². The van der Waals surface area contributed by atoms with Crippen molar-refractivity contribution >= 4 is 11.6 Å². The number of amides is 1. The number of nitro benzene ring substituents is 1. The topological polar surface area (TPSA) is 76.7 Å². The molecule has 0 unspecified atom stereocenters. The van der Waals surface area contributed by atoms with Crippen molar-refractivity contribution in [3.05, 3.63) is 75.6 Å². The number of quaternary nitrogens is 1. The lowest BCUT2D eigenvalue weighted by molar-refractivity contribution is -0.860. The summed E-state index contributed by atoms with van der Waals surface area (Å²) in [6.45, 7) is 0.638. The average molecular weight is 332 g/mol. The SMILES string of the molecule is C[NH+](C)C[C@@H](NC(=O)c1ccc(F)c([N+](=O)[O-])c1)c1ccccc1. The number of hydrogen-bond donors (Lipinski definition) is 2. The zero-order chi connectivity index (χ0) is 17.7. The molecule has 24 heavy (non-hydrogen) atoms. The minimum Gasteiger partial charge on any atom is -0.340 e. The Bertz CT molecular complexity index is 735. The van der Waals surface area contributed by atoms with Crippen LogP contribution in [0, 0.1) is 15.9 Å². The number of carbonyl (C=O) groups is 1. The molecular weight excluding hydrogens is 313 g/mol. The first-order chi connectivity index (χ1) is 11.4. The van der Waals surface area contributed by atoms with E-state index < -0.39 is 22.3 Å². The number of likely N-dealkylation sites (N-methyl/N-ethyl adjacent to an activating group) is 1. The predicted octanol–water partition coefficient (Wildman–Crippen LogP) is 1.35. The number of carbonyl (C=O) groups excluding carboxylic acids is 1. The number of rotatable bonds is 6. The highest BCUT2D eigenvalue weighted by atomic mass is 19.1. The van der Waals surface area contributed by atoms with Gasteiger partial charge >= 0.3 is 5.69 Å². The third-order valence-corrected chi connectivity index (χ3v) is 3.52. The molecule has 0 saturated heterocycles. The largest absolute Gasteiger partial charge is 0.340 e. The molecule has 0 bridgehead atoms. The molecule has 0 spiro atoms. The Morgan fingerprint density at radius 3 is 2.50 bits per heavy atom. The van der Waals surface area contributed by atoms with Crippen molar-refractivity contribution in [3.63, 3.8) is 0 Å². The normalized spacial score (nSPS) is 12.0. The second-order valence-electron chi connectivity index (χ2n) is 5.77. The van der Waals surface area contributed by atoms with Crippen LogP contribution in [0.2, 0.25) is 0 Å². The third kappa shape index (κ3) is 4.36. The first-order valence-corrected chi connectivity index (χ1v) is 7.47. The van der Waals surface area contributed by atoms with E-state index >= 15 is 0 Å². The number of hydrogen-bond acceptors (Lipinski definition) is 3. The lowest BCUT2D eigenvalue weighted by atomic mass is 10.1. The van der Waals surface area contributed by atoms with Crippen LogP contribution < -0.4 is 10.2 Å². The molecule has 0 aromatic heterocycles. The smallest absolute Gasteiger partial charge is 0.305 e. The minimum atomic E-state index is -0.964. The van der Waals surface area contributed by atoms with Gasteiger partial charge in [0.15, 0.2) is 0 Å². The van der Waals surface area contributed by atoms with Gasteiger partial charge < -0.3 is 10.2 Å². The van der Waals surface area contributed by atoms with Crippen molar-refractivity contribution in [3.8, 4) is 0 Å². The molecular formula is C17H19FN3O3+. The fourth-order valence-corrected chi connectivity index (χ4v) is 2.38. The summed E-state index contributed by atoms with van der Waals surface area (Å²) in [6, 6.07) is 12.3. The van der Waals surface area contributed by atoms with Crippen LogP contribution in [0.1, 0.15) is 22.0 Å². The van der Waals surface area contributed by atoms with Crippen molar-refractivity contribution < 1.29 is 19.0 Å². The van der Waals surface area contributed by atoms with Gasteiger partial charge in [0.2, 0.25) is 5.82 Å². The first kappa shape index (κ1) is 17.6. The van der Waals surface area contributed by atoms with Crippen LogP contribution in [0.15, 0.2) is 48.5 Å². The summed E-state index contributed by atoms with van der Waals surface area (Å²) in [5.41, 5.74) is 0.276. The number of nitro groups is 1. The fourth-order valence-electron chi connectivity index (χ4n) is 2.38. The van der Waals surface area contributed by atoms with Crippen molar-refractivity contribution in [1.29, 1.82) is 0 Å². The molecule has 0 heterocycles. The first-order valence-electron chi connectivity index (χ1n) is 7.47. The molecule has 1 atom stereocenters. The standard InChI is InChI=1S/C17H18FN3O3/c1-20(2)11-15(12-6-4-3-5-7-12)19-17(22)13-8-9-14(18)16(10-13)21(23)24/h3-10,15H,11H2,1-2H3,(H,19,22)/p+1/t15-/m1/s1. The molecule has 2 aromatic rings. The van der Waals surface area contributed by atoms with Crippen LogP contribution in [0.3, 0.4) is 0 Å². The monoisotopic (exact) mass is 332 g/mol. The van der Waals surface area contributed by atoms with Crippen molar-refractivity contribution in [2.75, 3.05) is 20.6 Å². The number of nitrogens with zero attached hydrogens (tertiary/aromatic N) is 1. The maximum atomic E-state index is 13.4. The molecule has 6 nitrogen and oxygen atoms in total. The van der Waals surface area contributed by atoms with Crippen molar-refractivity contribution in [2.24, 2.45) is 0 Å². The van der Waals surface area contributed by atoms with E-state index in [-0.39, 0.29) is 11.6 Å². The predicted molar refractivity (Wildman–Crippen MR) is 87.4 cm³/mol. The maximum Gasteiger partial charge on any atom is 0.305 e. The molecule has 2 N–H and O–H groups in total. The maximum absolute atomic E-state index is 13.4. The average Bonchev–Trinajstić information content (AvgIpc) is 2.54. The zero-order valence-corrected chi connectivity index (χ0v) is 13.5. The quantitative estimate of drug-likeness (QED) is 0.619. The summed E-state index contributed by atoms with van der Waals surface area (Å²) in [7, 11) is 3.93. The Balaban J connectivity index is 2.25. The van der Waals surface area contributed by atoms with Gasteiger partial charge in [-0.15, -0.1) is 0 Å². The molecule has 1 amide bonds. The van der Waals surface area contributed by atoms with Crippen LogP contribution >= 0.6 is 0 Å². The molecule has 0 saturated carbocycles. The molecule has 0 aliphatic rings. The third-order valence-electron chi connectivity index (χ3n) is 3.52. The van der Waals surface area contributed by atoms with E-state index in [4.69, 9.17) is 0 Å². The fraction of sp³-hybridized carbons (Fsp3) is 0.235. The highest BCUT2D eigenvalue weighted by molar-refractivity contribution is 5.95. The van der Waals surface area contributed by atoms with Gasteiger partial charge in [-0.05, 0) is 17.7 Å². The van der Waals surface area contributed by atoms with E-state index in [2.05, 4.69) is 5.32 Å². The summed E-state index contributed by atoms with van der Waals surface area (Å²) in [6.07, 6.45) is 0. The van der Waals surface area contributed by atoms with Crippen LogP contribution in [0.4, 0.5) is 10.1 Å². The summed E-state index contributed by atoms with van der Waals surface area (Å²) in [4.78, 5) is 23.5. The molecule has 126 valence electrons. The Labute approximate surface area is 139 Å². The number of nitrogens with one attached hydrogen (secondary N) is 2. The van der Waals surface area contributed by atoms with Gasteiger partial charge in [0.1, 0.15) is 12.6 Å². The lowest BCUT2D eigenvalue weighted by Gasteiger charge is -2.21. The zero-order valence-electron chi connectivity index (χ0n) is 13.5. The Morgan fingerprint density at radius 1 is 1.25 bits per heavy atom. The van der Waals surface area contributed by atoms with E-state index in [9.17, 15) is 19.3 Å². The summed E-state index contributed by atoms with van der Waals surface area (Å²) >= 11 is 0. The van der Waals surface area contributed by atoms with E-state index in [1.54, 1.807) is 0 Å². The highest BCUT2D eigenvalue weighted by Crippen LogP contribution is 2.19. The van der Waals surface area contributed by atoms with Gasteiger partial charge in [0.25, 0.3) is 5.91 Å². The molecule has 2 rings (SSSR count). The van der Waals surface area contributed by atoms with Gasteiger partial charge in [-0.2, -0.15) is 4.39 Å². The molecule has 0 fully saturated rings. The summed E-state index contributed by atoms with van der Waals surface area (Å²) in [5.74, 6) is -1.44. The summed E-state index contributed by atoms with van der Waals surface area (Å²) in [5, 5.41) is 13.7. The molecule has 0 aliphatic carbocycles. The molecule has 0 aliphatic heterocycles. The van der Waals surface area contributed by atoms with Crippen molar-refractivity contribution in [2.45, 2.75) is 6.04 Å². The van der Waals surface area contributed by atoms with Crippen molar-refractivity contribution in [1.82, 2.24) is 5.32 Å². The van der Waals surface area contributed by atoms with E-state index in [0.29, 0.717) is 6.54 Å². The summed E-state index contributed by atoms with van der Waals surface area (Å²) < 4.78 is 13.4. The Morgan fingerprint density at radius 2 is 1.92 bits per heavy atom. The van der Waals surface area contributed by atoms with Crippen LogP contribution in [0.5, 0.6) is 0 Å². The lowest BCUT2D eigenvalue weighted by Crippen LogP contribution is -3.06. The number of halogens is 1. The highest BCUT2D eigenvalue weighted by Gasteiger charge is 2.21. The molecule has 0 radical (unpaired) electrons.